The van der Waals surface area contributed by atoms with E-state index in [0.717, 1.165) is 60.9 Å². The molecule has 1 unspecified atom stereocenters. The lowest BCUT2D eigenvalue weighted by atomic mass is 10.0. The lowest BCUT2D eigenvalue weighted by molar-refractivity contribution is 0.0904. The van der Waals surface area contributed by atoms with Crippen molar-refractivity contribution in [3.8, 4) is 0 Å². The largest absolute Gasteiger partial charge is 0.347 e. The molecule has 5 heteroatoms. The van der Waals surface area contributed by atoms with Crippen LogP contribution in [0, 0.1) is 6.92 Å². The highest BCUT2D eigenvalue weighted by molar-refractivity contribution is 7.13. The van der Waals surface area contributed by atoms with Crippen molar-refractivity contribution in [3.63, 3.8) is 0 Å². The molecule has 2 heterocycles. The van der Waals surface area contributed by atoms with Gasteiger partial charge in [-0.15, -0.1) is 11.3 Å². The van der Waals surface area contributed by atoms with Crippen LogP contribution in [0.15, 0.2) is 30.3 Å². The second-order valence-corrected chi connectivity index (χ2v) is 7.89. The Kier molecular flexibility index (Phi) is 6.21. The van der Waals surface area contributed by atoms with Crippen LogP contribution in [0.3, 0.4) is 0 Å². The Morgan fingerprint density at radius 2 is 2.16 bits per heavy atom. The van der Waals surface area contributed by atoms with E-state index in [2.05, 4.69) is 46.4 Å². The van der Waals surface area contributed by atoms with E-state index >= 15 is 0 Å². The molecule has 1 aliphatic rings. The van der Waals surface area contributed by atoms with Gasteiger partial charge in [0.2, 0.25) is 0 Å². The van der Waals surface area contributed by atoms with Crippen LogP contribution < -0.4 is 5.32 Å². The number of benzene rings is 1. The Morgan fingerprint density at radius 1 is 1.36 bits per heavy atom. The van der Waals surface area contributed by atoms with E-state index in [0.29, 0.717) is 0 Å². The van der Waals surface area contributed by atoms with Gasteiger partial charge in [0.05, 0.1) is 10.7 Å². The van der Waals surface area contributed by atoms with Gasteiger partial charge in [0.1, 0.15) is 4.88 Å². The number of aromatic nitrogens is 1. The second kappa shape index (κ2) is 8.59. The Morgan fingerprint density at radius 3 is 2.92 bits per heavy atom. The maximum absolute atomic E-state index is 12.7. The van der Waals surface area contributed by atoms with Gasteiger partial charge in [-0.3, -0.25) is 9.69 Å². The number of nitrogens with zero attached hydrogens (tertiary/aromatic N) is 2. The molecule has 1 fully saturated rings. The molecule has 1 aromatic heterocycles. The summed E-state index contributed by atoms with van der Waals surface area (Å²) in [6.45, 7) is 7.04. The topological polar surface area (TPSA) is 45.2 Å². The molecule has 25 heavy (non-hydrogen) atoms. The molecule has 3 rings (SSSR count). The number of hydrogen-bond acceptors (Lipinski definition) is 4. The van der Waals surface area contributed by atoms with Gasteiger partial charge in [-0.2, -0.15) is 0 Å². The van der Waals surface area contributed by atoms with Gasteiger partial charge in [-0.25, -0.2) is 4.98 Å². The van der Waals surface area contributed by atoms with Crippen LogP contribution in [0.25, 0.3) is 0 Å². The summed E-state index contributed by atoms with van der Waals surface area (Å²) in [4.78, 5) is 20.4. The third-order valence-electron chi connectivity index (χ3n) is 4.60. The predicted molar refractivity (Wildman–Crippen MR) is 103 cm³/mol. The van der Waals surface area contributed by atoms with E-state index in [-0.39, 0.29) is 11.9 Å². The molecule has 0 radical (unpaired) electrons. The number of piperidine rings is 1. The quantitative estimate of drug-likeness (QED) is 0.855. The van der Waals surface area contributed by atoms with E-state index in [4.69, 9.17) is 0 Å². The summed E-state index contributed by atoms with van der Waals surface area (Å²) in [7, 11) is 0. The van der Waals surface area contributed by atoms with Gasteiger partial charge >= 0.3 is 0 Å². The minimum atomic E-state index is 0.0453. The first-order valence-electron chi connectivity index (χ1n) is 9.19. The van der Waals surface area contributed by atoms with Gasteiger partial charge in [0, 0.05) is 19.1 Å². The first kappa shape index (κ1) is 18.1. The molecule has 1 saturated heterocycles. The van der Waals surface area contributed by atoms with Crippen molar-refractivity contribution in [1.29, 1.82) is 0 Å². The van der Waals surface area contributed by atoms with E-state index in [1.54, 1.807) is 11.3 Å². The third kappa shape index (κ3) is 4.89. The first-order valence-corrected chi connectivity index (χ1v) is 10.0. The summed E-state index contributed by atoms with van der Waals surface area (Å²) in [5.74, 6) is 0.0453. The highest BCUT2D eigenvalue weighted by Crippen LogP contribution is 2.20. The van der Waals surface area contributed by atoms with Crippen LogP contribution in [0.5, 0.6) is 0 Å². The van der Waals surface area contributed by atoms with Crippen LogP contribution in [-0.2, 0) is 13.0 Å². The Hall–Kier alpha value is -1.72. The van der Waals surface area contributed by atoms with Crippen molar-refractivity contribution < 1.29 is 4.79 Å². The Bertz CT molecular complexity index is 698. The van der Waals surface area contributed by atoms with Crippen molar-refractivity contribution >= 4 is 17.2 Å². The molecule has 0 aliphatic carbocycles. The fourth-order valence-corrected chi connectivity index (χ4v) is 4.46. The number of amides is 1. The first-order chi connectivity index (χ1) is 12.2. The second-order valence-electron chi connectivity index (χ2n) is 6.81. The fourth-order valence-electron chi connectivity index (χ4n) is 3.39. The van der Waals surface area contributed by atoms with Gasteiger partial charge in [0.25, 0.3) is 5.91 Å². The monoisotopic (exact) mass is 357 g/mol. The van der Waals surface area contributed by atoms with E-state index in [1.165, 1.54) is 5.56 Å². The number of nitrogens with one attached hydrogen (secondary N) is 1. The number of thiazole rings is 1. The predicted octanol–water partition coefficient (Wildman–Crippen LogP) is 3.80. The highest BCUT2D eigenvalue weighted by atomic mass is 32.1. The van der Waals surface area contributed by atoms with E-state index in [9.17, 15) is 4.79 Å². The molecule has 0 spiro atoms. The summed E-state index contributed by atoms with van der Waals surface area (Å²) in [5, 5.41) is 4.31. The summed E-state index contributed by atoms with van der Waals surface area (Å²) < 4.78 is 0. The fraction of sp³-hybridized carbons (Fsp3) is 0.500. The van der Waals surface area contributed by atoms with Crippen LogP contribution in [0.4, 0.5) is 0 Å². The van der Waals surface area contributed by atoms with Gasteiger partial charge in [-0.05, 0) is 44.7 Å². The van der Waals surface area contributed by atoms with Crippen molar-refractivity contribution in [2.75, 3.05) is 13.1 Å². The van der Waals surface area contributed by atoms with Crippen LogP contribution in [-0.4, -0.2) is 34.9 Å². The molecule has 1 aromatic carbocycles. The number of likely N-dealkylation sites (tertiary alicyclic amines) is 1. The molecular weight excluding hydrogens is 330 g/mol. The van der Waals surface area contributed by atoms with Crippen molar-refractivity contribution in [2.24, 2.45) is 0 Å². The summed E-state index contributed by atoms with van der Waals surface area (Å²) >= 11 is 1.55. The standard InChI is InChI=1S/C20H27N3OS/c1-3-8-18-21-15(2)19(25-18)20(24)22-17-11-7-12-23(14-17)13-16-9-5-4-6-10-16/h4-6,9-10,17H,3,7-8,11-14H2,1-2H3,(H,22,24). The molecule has 0 saturated carbocycles. The van der Waals surface area contributed by atoms with Crippen molar-refractivity contribution in [3.05, 3.63) is 51.5 Å². The Labute approximate surface area is 154 Å². The molecule has 1 N–H and O–H groups in total. The van der Waals surface area contributed by atoms with Crippen molar-refractivity contribution in [1.82, 2.24) is 15.2 Å². The third-order valence-corrected chi connectivity index (χ3v) is 5.82. The minimum Gasteiger partial charge on any atom is -0.347 e. The zero-order valence-electron chi connectivity index (χ0n) is 15.1. The average Bonchev–Trinajstić information content (AvgIpc) is 2.97. The molecule has 1 atom stereocenters. The molecule has 0 bridgehead atoms. The molecule has 1 aliphatic heterocycles. The van der Waals surface area contributed by atoms with Crippen LogP contribution >= 0.6 is 11.3 Å². The number of carbonyl (C=O) groups excluding carboxylic acids is 1. The summed E-state index contributed by atoms with van der Waals surface area (Å²) in [6, 6.07) is 10.8. The highest BCUT2D eigenvalue weighted by Gasteiger charge is 2.23. The zero-order valence-corrected chi connectivity index (χ0v) is 15.9. The van der Waals surface area contributed by atoms with Gasteiger partial charge in [0.15, 0.2) is 0 Å². The lowest BCUT2D eigenvalue weighted by Crippen LogP contribution is -2.47. The van der Waals surface area contributed by atoms with Crippen molar-refractivity contribution in [2.45, 2.75) is 52.1 Å². The maximum atomic E-state index is 12.7. The SMILES string of the molecule is CCCc1nc(C)c(C(=O)NC2CCCN(Cc3ccccc3)C2)s1. The summed E-state index contributed by atoms with van der Waals surface area (Å²) in [6.07, 6.45) is 4.19. The smallest absolute Gasteiger partial charge is 0.263 e. The summed E-state index contributed by atoms with van der Waals surface area (Å²) in [5.41, 5.74) is 2.19. The van der Waals surface area contributed by atoms with Gasteiger partial charge in [-0.1, -0.05) is 37.3 Å². The number of hydrogen-bond donors (Lipinski definition) is 1. The van der Waals surface area contributed by atoms with Gasteiger partial charge < -0.3 is 5.32 Å². The molecule has 1 amide bonds. The number of aryl methyl sites for hydroxylation is 2. The van der Waals surface area contributed by atoms with E-state index < -0.39 is 0 Å². The minimum absolute atomic E-state index is 0.0453. The molecular formula is C20H27N3OS. The molecule has 4 nitrogen and oxygen atoms in total. The number of rotatable bonds is 6. The maximum Gasteiger partial charge on any atom is 0.263 e. The van der Waals surface area contributed by atoms with Crippen LogP contribution in [0.1, 0.15) is 52.1 Å². The van der Waals surface area contributed by atoms with Crippen LogP contribution in [0.2, 0.25) is 0 Å². The molecule has 2 aromatic rings. The number of carbonyl (C=O) groups is 1. The Balaban J connectivity index is 1.57. The lowest BCUT2D eigenvalue weighted by Gasteiger charge is -2.33. The average molecular weight is 358 g/mol. The zero-order chi connectivity index (χ0) is 17.6. The normalized spacial score (nSPS) is 18.2. The van der Waals surface area contributed by atoms with E-state index in [1.807, 2.05) is 13.0 Å². The molecule has 134 valence electrons.